The van der Waals surface area contributed by atoms with Gasteiger partial charge in [0, 0.05) is 18.5 Å². The van der Waals surface area contributed by atoms with Crippen molar-refractivity contribution in [2.45, 2.75) is 18.9 Å². The van der Waals surface area contributed by atoms with Gasteiger partial charge in [-0.2, -0.15) is 0 Å². The first kappa shape index (κ1) is 23.1. The molecular weight excluding hydrogens is 416 g/mol. The Kier molecular flexibility index (Phi) is 7.64. The molecule has 9 heteroatoms. The number of amides is 1. The van der Waals surface area contributed by atoms with Crippen LogP contribution in [0.2, 0.25) is 0 Å². The van der Waals surface area contributed by atoms with Gasteiger partial charge in [0.2, 0.25) is 11.9 Å². The summed E-state index contributed by atoms with van der Waals surface area (Å²) in [7, 11) is 7.81. The van der Waals surface area contributed by atoms with E-state index >= 15 is 0 Å². The van der Waals surface area contributed by atoms with Gasteiger partial charge in [-0.25, -0.2) is 0 Å². The van der Waals surface area contributed by atoms with Crippen LogP contribution in [0.1, 0.15) is 17.5 Å². The Morgan fingerprint density at radius 3 is 2.19 bits per heavy atom. The summed E-state index contributed by atoms with van der Waals surface area (Å²) in [5.41, 5.74) is 2.38. The molecule has 1 heterocycles. The minimum absolute atomic E-state index is 0.225. The van der Waals surface area contributed by atoms with Gasteiger partial charge in [-0.05, 0) is 36.2 Å². The van der Waals surface area contributed by atoms with E-state index in [9.17, 15) is 4.79 Å². The zero-order valence-corrected chi connectivity index (χ0v) is 18.9. The summed E-state index contributed by atoms with van der Waals surface area (Å²) in [4.78, 5) is 17.9. The summed E-state index contributed by atoms with van der Waals surface area (Å²) in [6.07, 6.45) is 0.273. The minimum Gasteiger partial charge on any atom is -0.493 e. The van der Waals surface area contributed by atoms with E-state index in [0.29, 0.717) is 53.8 Å². The average molecular weight is 444 g/mol. The Hall–Kier alpha value is -3.62. The standard InChI is InChI=1S/C23H28N2O7/c1-27-17-7-6-14(10-18(17)28-2)8-9-24-23(26)21-13-16(25-32-21)15-11-19(29-3)22(31-5)20(12-15)30-4/h6-7,10-12,21H,8-9,13H2,1-5H3,(H,24,26). The monoisotopic (exact) mass is 444 g/mol. The van der Waals surface area contributed by atoms with Crippen LogP contribution in [0.5, 0.6) is 28.7 Å². The van der Waals surface area contributed by atoms with Crippen LogP contribution < -0.4 is 29.0 Å². The van der Waals surface area contributed by atoms with Crippen LogP contribution >= 0.6 is 0 Å². The molecule has 1 aliphatic heterocycles. The van der Waals surface area contributed by atoms with Crippen LogP contribution in [0, 0.1) is 0 Å². The van der Waals surface area contributed by atoms with Crippen molar-refractivity contribution in [3.63, 3.8) is 0 Å². The van der Waals surface area contributed by atoms with Crippen molar-refractivity contribution in [3.05, 3.63) is 41.5 Å². The molecule has 1 aliphatic rings. The average Bonchev–Trinajstić information content (AvgIpc) is 3.33. The Labute approximate surface area is 187 Å². The van der Waals surface area contributed by atoms with Gasteiger partial charge in [-0.1, -0.05) is 11.2 Å². The van der Waals surface area contributed by atoms with E-state index < -0.39 is 6.10 Å². The van der Waals surface area contributed by atoms with Crippen molar-refractivity contribution in [3.8, 4) is 28.7 Å². The third kappa shape index (κ3) is 4.99. The van der Waals surface area contributed by atoms with Crippen molar-refractivity contribution in [1.82, 2.24) is 5.32 Å². The first-order chi connectivity index (χ1) is 15.5. The number of nitrogens with zero attached hydrogens (tertiary/aromatic N) is 1. The molecule has 0 radical (unpaired) electrons. The summed E-state index contributed by atoms with van der Waals surface area (Å²) in [6.45, 7) is 0.452. The van der Waals surface area contributed by atoms with Crippen LogP contribution in [0.15, 0.2) is 35.5 Å². The molecule has 9 nitrogen and oxygen atoms in total. The summed E-state index contributed by atoms with van der Waals surface area (Å²) in [5.74, 6) is 2.59. The molecule has 3 rings (SSSR count). The maximum Gasteiger partial charge on any atom is 0.264 e. The fourth-order valence-corrected chi connectivity index (χ4v) is 3.42. The molecule has 0 aliphatic carbocycles. The molecule has 0 saturated heterocycles. The normalized spacial score (nSPS) is 14.8. The highest BCUT2D eigenvalue weighted by Gasteiger charge is 2.30. The number of benzene rings is 2. The number of methoxy groups -OCH3 is 5. The molecule has 1 N–H and O–H groups in total. The third-order valence-corrected chi connectivity index (χ3v) is 5.12. The lowest BCUT2D eigenvalue weighted by Crippen LogP contribution is -2.36. The summed E-state index contributed by atoms with van der Waals surface area (Å²) in [5, 5.41) is 6.99. The molecule has 32 heavy (non-hydrogen) atoms. The quantitative estimate of drug-likeness (QED) is 0.602. The zero-order chi connectivity index (χ0) is 23.1. The fourth-order valence-electron chi connectivity index (χ4n) is 3.42. The fraction of sp³-hybridized carbons (Fsp3) is 0.391. The largest absolute Gasteiger partial charge is 0.493 e. The van der Waals surface area contributed by atoms with Crippen LogP contribution in [0.25, 0.3) is 0 Å². The number of hydrogen-bond acceptors (Lipinski definition) is 8. The van der Waals surface area contributed by atoms with Crippen molar-refractivity contribution in [2.75, 3.05) is 42.1 Å². The zero-order valence-electron chi connectivity index (χ0n) is 18.9. The molecule has 1 atom stereocenters. The smallest absolute Gasteiger partial charge is 0.264 e. The van der Waals surface area contributed by atoms with Crippen molar-refractivity contribution in [1.29, 1.82) is 0 Å². The molecule has 0 aromatic heterocycles. The minimum atomic E-state index is -0.700. The lowest BCUT2D eigenvalue weighted by Gasteiger charge is -2.14. The van der Waals surface area contributed by atoms with Crippen LogP contribution in [0.3, 0.4) is 0 Å². The molecule has 0 bridgehead atoms. The Bertz CT molecular complexity index is 965. The van der Waals surface area contributed by atoms with Gasteiger partial charge in [0.1, 0.15) is 0 Å². The van der Waals surface area contributed by atoms with Crippen LogP contribution in [0.4, 0.5) is 0 Å². The first-order valence-corrected chi connectivity index (χ1v) is 10.1. The molecule has 172 valence electrons. The molecule has 2 aromatic carbocycles. The number of hydrogen-bond donors (Lipinski definition) is 1. The highest BCUT2D eigenvalue weighted by molar-refractivity contribution is 6.04. The maximum absolute atomic E-state index is 12.6. The number of ether oxygens (including phenoxy) is 5. The second kappa shape index (κ2) is 10.6. The number of oxime groups is 1. The van der Waals surface area contributed by atoms with Crippen molar-refractivity contribution < 1.29 is 33.3 Å². The first-order valence-electron chi connectivity index (χ1n) is 10.1. The Balaban J connectivity index is 1.58. The van der Waals surface area contributed by atoms with E-state index in [4.69, 9.17) is 28.5 Å². The van der Waals surface area contributed by atoms with E-state index in [2.05, 4.69) is 10.5 Å². The van der Waals surface area contributed by atoms with Gasteiger partial charge in [0.15, 0.2) is 23.0 Å². The summed E-state index contributed by atoms with van der Waals surface area (Å²) >= 11 is 0. The highest BCUT2D eigenvalue weighted by Crippen LogP contribution is 2.39. The van der Waals surface area contributed by atoms with Gasteiger partial charge in [0.05, 0.1) is 41.3 Å². The van der Waals surface area contributed by atoms with Crippen LogP contribution in [-0.4, -0.2) is 59.8 Å². The molecule has 0 spiro atoms. The van der Waals surface area contributed by atoms with Gasteiger partial charge in [-0.15, -0.1) is 0 Å². The van der Waals surface area contributed by atoms with E-state index in [0.717, 1.165) is 11.1 Å². The Morgan fingerprint density at radius 1 is 0.938 bits per heavy atom. The molecule has 2 aromatic rings. The molecule has 0 saturated carbocycles. The van der Waals surface area contributed by atoms with E-state index in [1.807, 2.05) is 18.2 Å². The molecule has 1 unspecified atom stereocenters. The van der Waals surface area contributed by atoms with Gasteiger partial charge >= 0.3 is 0 Å². The number of nitrogens with one attached hydrogen (secondary N) is 1. The van der Waals surface area contributed by atoms with Crippen molar-refractivity contribution in [2.24, 2.45) is 5.16 Å². The SMILES string of the molecule is COc1ccc(CCNC(=O)C2CC(c3cc(OC)c(OC)c(OC)c3)=NO2)cc1OC. The Morgan fingerprint density at radius 2 is 1.59 bits per heavy atom. The summed E-state index contributed by atoms with van der Waals surface area (Å²) < 4.78 is 26.7. The van der Waals surface area contributed by atoms with Gasteiger partial charge in [0.25, 0.3) is 5.91 Å². The molecular formula is C23H28N2O7. The predicted molar refractivity (Wildman–Crippen MR) is 118 cm³/mol. The van der Waals surface area contributed by atoms with E-state index in [1.165, 1.54) is 0 Å². The van der Waals surface area contributed by atoms with E-state index in [1.54, 1.807) is 47.7 Å². The second-order valence-electron chi connectivity index (χ2n) is 6.98. The molecule has 1 amide bonds. The molecule has 0 fully saturated rings. The van der Waals surface area contributed by atoms with Gasteiger partial charge < -0.3 is 33.8 Å². The van der Waals surface area contributed by atoms with Crippen LogP contribution in [-0.2, 0) is 16.1 Å². The second-order valence-corrected chi connectivity index (χ2v) is 6.98. The lowest BCUT2D eigenvalue weighted by molar-refractivity contribution is -0.131. The lowest BCUT2D eigenvalue weighted by atomic mass is 10.0. The summed E-state index contributed by atoms with van der Waals surface area (Å²) in [6, 6.07) is 9.23. The van der Waals surface area contributed by atoms with Crippen molar-refractivity contribution >= 4 is 11.6 Å². The number of carbonyl (C=O) groups is 1. The highest BCUT2D eigenvalue weighted by atomic mass is 16.6. The topological polar surface area (TPSA) is 96.8 Å². The van der Waals surface area contributed by atoms with E-state index in [-0.39, 0.29) is 5.91 Å². The third-order valence-electron chi connectivity index (χ3n) is 5.12. The number of carbonyl (C=O) groups excluding carboxylic acids is 1. The van der Waals surface area contributed by atoms with Gasteiger partial charge in [-0.3, -0.25) is 4.79 Å². The number of rotatable bonds is 10. The predicted octanol–water partition coefficient (Wildman–Crippen LogP) is 2.58. The maximum atomic E-state index is 12.6.